The molecule has 2 fully saturated rings. The first kappa shape index (κ1) is 14.3. The summed E-state index contributed by atoms with van der Waals surface area (Å²) in [6, 6.07) is 9.99. The van der Waals surface area contributed by atoms with E-state index in [0.29, 0.717) is 31.4 Å². The van der Waals surface area contributed by atoms with Crippen LogP contribution in [0.3, 0.4) is 0 Å². The first-order valence-electron chi connectivity index (χ1n) is 7.26. The zero-order chi connectivity index (χ0) is 14.7. The van der Waals surface area contributed by atoms with E-state index in [1.807, 2.05) is 17.8 Å². The molecule has 0 radical (unpaired) electrons. The molecule has 112 valence electrons. The Labute approximate surface area is 128 Å². The highest BCUT2D eigenvalue weighted by Crippen LogP contribution is 2.34. The van der Waals surface area contributed by atoms with Gasteiger partial charge >= 0.3 is 12.1 Å². The fourth-order valence-electron chi connectivity index (χ4n) is 2.72. The molecule has 1 unspecified atom stereocenters. The maximum Gasteiger partial charge on any atom is 0.328 e. The van der Waals surface area contributed by atoms with Gasteiger partial charge in [0.25, 0.3) is 0 Å². The van der Waals surface area contributed by atoms with Gasteiger partial charge in [0.2, 0.25) is 0 Å². The van der Waals surface area contributed by atoms with Crippen molar-refractivity contribution >= 4 is 23.8 Å². The molecule has 5 nitrogen and oxygen atoms in total. The fraction of sp³-hybridized carbons (Fsp3) is 0.467. The molecule has 2 aliphatic heterocycles. The van der Waals surface area contributed by atoms with Crippen molar-refractivity contribution < 1.29 is 9.59 Å². The summed E-state index contributed by atoms with van der Waals surface area (Å²) in [5, 5.41) is 3.10. The molecule has 2 heterocycles. The lowest BCUT2D eigenvalue weighted by Gasteiger charge is -2.24. The molecule has 0 bridgehead atoms. The molecule has 1 aromatic rings. The van der Waals surface area contributed by atoms with E-state index in [1.54, 1.807) is 4.90 Å². The zero-order valence-corrected chi connectivity index (χ0v) is 12.6. The van der Waals surface area contributed by atoms with Crippen LogP contribution in [0.4, 0.5) is 9.59 Å². The van der Waals surface area contributed by atoms with Crippen molar-refractivity contribution in [2.24, 2.45) is 0 Å². The summed E-state index contributed by atoms with van der Waals surface area (Å²) in [5.41, 5.74) is 1.32. The Morgan fingerprint density at radius 2 is 2.00 bits per heavy atom. The van der Waals surface area contributed by atoms with Crippen molar-refractivity contribution in [2.45, 2.75) is 11.7 Å². The summed E-state index contributed by atoms with van der Waals surface area (Å²) in [5.74, 6) is 0.904. The minimum absolute atomic E-state index is 0.153. The number of carbonyl (C=O) groups is 2. The third kappa shape index (κ3) is 3.15. The van der Waals surface area contributed by atoms with Crippen LogP contribution >= 0.6 is 11.8 Å². The van der Waals surface area contributed by atoms with Crippen molar-refractivity contribution in [2.75, 3.05) is 31.9 Å². The number of rotatable bonds is 1. The molecule has 6 heteroatoms. The van der Waals surface area contributed by atoms with Gasteiger partial charge in [0.1, 0.15) is 0 Å². The number of thioether (sulfide) groups is 1. The molecule has 2 saturated heterocycles. The normalized spacial score (nSPS) is 22.9. The Morgan fingerprint density at radius 3 is 2.71 bits per heavy atom. The Kier molecular flexibility index (Phi) is 4.34. The van der Waals surface area contributed by atoms with Gasteiger partial charge in [-0.15, -0.1) is 0 Å². The second-order valence-corrected chi connectivity index (χ2v) is 6.52. The standard InChI is InChI=1S/C15H19N3O2S/c19-14-16-7-9-18(14)15(20)17-8-6-13(21-11-10-17)12-4-2-1-3-5-12/h1-5,13H,6-11H2,(H,16,19). The number of urea groups is 2. The summed E-state index contributed by atoms with van der Waals surface area (Å²) < 4.78 is 0. The number of benzene rings is 1. The molecular weight excluding hydrogens is 286 g/mol. The zero-order valence-electron chi connectivity index (χ0n) is 11.8. The second-order valence-electron chi connectivity index (χ2n) is 5.21. The van der Waals surface area contributed by atoms with Crippen molar-refractivity contribution in [3.05, 3.63) is 35.9 Å². The summed E-state index contributed by atoms with van der Waals surface area (Å²) in [4.78, 5) is 27.1. The van der Waals surface area contributed by atoms with Gasteiger partial charge in [-0.3, -0.25) is 0 Å². The smallest absolute Gasteiger partial charge is 0.328 e. The molecule has 0 aromatic heterocycles. The molecule has 0 aliphatic carbocycles. The average Bonchev–Trinajstić information content (AvgIpc) is 2.80. The second kappa shape index (κ2) is 6.39. The van der Waals surface area contributed by atoms with Crippen molar-refractivity contribution in [3.63, 3.8) is 0 Å². The van der Waals surface area contributed by atoms with Crippen LogP contribution in [-0.4, -0.2) is 53.8 Å². The molecule has 0 saturated carbocycles. The molecule has 1 aromatic carbocycles. The quantitative estimate of drug-likeness (QED) is 0.866. The van der Waals surface area contributed by atoms with E-state index in [-0.39, 0.29) is 12.1 Å². The molecule has 0 spiro atoms. The number of nitrogens with one attached hydrogen (secondary N) is 1. The van der Waals surface area contributed by atoms with Crippen molar-refractivity contribution in [1.29, 1.82) is 0 Å². The molecule has 2 aliphatic rings. The summed E-state index contributed by atoms with van der Waals surface area (Å²) in [6.45, 7) is 2.44. The number of imide groups is 1. The predicted molar refractivity (Wildman–Crippen MR) is 83.3 cm³/mol. The Morgan fingerprint density at radius 1 is 1.19 bits per heavy atom. The van der Waals surface area contributed by atoms with Crippen LogP contribution in [-0.2, 0) is 0 Å². The van der Waals surface area contributed by atoms with E-state index in [0.717, 1.165) is 12.2 Å². The lowest BCUT2D eigenvalue weighted by atomic mass is 10.1. The first-order valence-corrected chi connectivity index (χ1v) is 8.31. The van der Waals surface area contributed by atoms with E-state index >= 15 is 0 Å². The maximum atomic E-state index is 12.4. The van der Waals surface area contributed by atoms with Crippen molar-refractivity contribution in [1.82, 2.24) is 15.1 Å². The van der Waals surface area contributed by atoms with E-state index in [2.05, 4.69) is 29.6 Å². The van der Waals surface area contributed by atoms with Crippen LogP contribution in [0.2, 0.25) is 0 Å². The predicted octanol–water partition coefficient (Wildman–Crippen LogP) is 2.31. The van der Waals surface area contributed by atoms with E-state index in [4.69, 9.17) is 0 Å². The molecule has 1 atom stereocenters. The van der Waals surface area contributed by atoms with E-state index in [1.165, 1.54) is 10.5 Å². The van der Waals surface area contributed by atoms with Gasteiger partial charge in [-0.25, -0.2) is 14.5 Å². The summed E-state index contributed by atoms with van der Waals surface area (Å²) in [7, 11) is 0. The van der Waals surface area contributed by atoms with E-state index < -0.39 is 0 Å². The Hall–Kier alpha value is -1.69. The molecule has 21 heavy (non-hydrogen) atoms. The minimum Gasteiger partial charge on any atom is -0.336 e. The number of hydrogen-bond acceptors (Lipinski definition) is 3. The summed E-state index contributed by atoms with van der Waals surface area (Å²) in [6.07, 6.45) is 0.926. The van der Waals surface area contributed by atoms with Gasteiger partial charge in [-0.05, 0) is 12.0 Å². The van der Waals surface area contributed by atoms with Crippen molar-refractivity contribution in [3.8, 4) is 0 Å². The van der Waals surface area contributed by atoms with Gasteiger partial charge in [0.05, 0.1) is 0 Å². The highest BCUT2D eigenvalue weighted by molar-refractivity contribution is 7.99. The average molecular weight is 305 g/mol. The van der Waals surface area contributed by atoms with Gasteiger partial charge in [0, 0.05) is 37.2 Å². The van der Waals surface area contributed by atoms with Gasteiger partial charge in [0.15, 0.2) is 0 Å². The molecule has 4 amide bonds. The topological polar surface area (TPSA) is 52.7 Å². The van der Waals surface area contributed by atoms with Gasteiger partial charge in [-0.1, -0.05) is 30.3 Å². The number of nitrogens with zero attached hydrogens (tertiary/aromatic N) is 2. The highest BCUT2D eigenvalue weighted by atomic mass is 32.2. The number of carbonyl (C=O) groups excluding carboxylic acids is 2. The Bertz CT molecular complexity index is 523. The lowest BCUT2D eigenvalue weighted by Crippen LogP contribution is -2.45. The van der Waals surface area contributed by atoms with Gasteiger partial charge in [-0.2, -0.15) is 11.8 Å². The monoisotopic (exact) mass is 305 g/mol. The lowest BCUT2D eigenvalue weighted by molar-refractivity contribution is 0.166. The molecular formula is C15H19N3O2S. The van der Waals surface area contributed by atoms with Crippen LogP contribution in [0.1, 0.15) is 17.2 Å². The van der Waals surface area contributed by atoms with Crippen LogP contribution in [0.5, 0.6) is 0 Å². The third-order valence-electron chi connectivity index (χ3n) is 3.87. The number of amides is 4. The van der Waals surface area contributed by atoms with Crippen LogP contribution < -0.4 is 5.32 Å². The van der Waals surface area contributed by atoms with Crippen LogP contribution in [0.25, 0.3) is 0 Å². The SMILES string of the molecule is O=C1NCCN1C(=O)N1CCSC(c2ccccc2)CC1. The maximum absolute atomic E-state index is 12.4. The number of hydrogen-bond donors (Lipinski definition) is 1. The molecule has 3 rings (SSSR count). The fourth-order valence-corrected chi connectivity index (χ4v) is 3.95. The minimum atomic E-state index is -0.267. The third-order valence-corrected chi connectivity index (χ3v) is 5.20. The van der Waals surface area contributed by atoms with Gasteiger partial charge < -0.3 is 10.2 Å². The van der Waals surface area contributed by atoms with Crippen LogP contribution in [0.15, 0.2) is 30.3 Å². The Balaban J connectivity index is 1.63. The first-order chi connectivity index (χ1) is 10.3. The molecule has 1 N–H and O–H groups in total. The highest BCUT2D eigenvalue weighted by Gasteiger charge is 2.31. The largest absolute Gasteiger partial charge is 0.336 e. The summed E-state index contributed by atoms with van der Waals surface area (Å²) >= 11 is 1.89. The van der Waals surface area contributed by atoms with E-state index in [9.17, 15) is 9.59 Å². The van der Waals surface area contributed by atoms with Crippen LogP contribution in [0, 0.1) is 0 Å².